The van der Waals surface area contributed by atoms with Gasteiger partial charge in [-0.25, -0.2) is 4.98 Å². The number of nitrogens with zero attached hydrogens (tertiary/aromatic N) is 3. The van der Waals surface area contributed by atoms with Crippen molar-refractivity contribution in [2.75, 3.05) is 31.2 Å². The summed E-state index contributed by atoms with van der Waals surface area (Å²) in [6.07, 6.45) is 3.97. The lowest BCUT2D eigenvalue weighted by Crippen LogP contribution is -2.42. The van der Waals surface area contributed by atoms with Crippen LogP contribution in [0.5, 0.6) is 5.75 Å². The van der Waals surface area contributed by atoms with Crippen LogP contribution in [-0.4, -0.2) is 59.3 Å². The lowest BCUT2D eigenvalue weighted by atomic mass is 9.83. The molecule has 2 saturated heterocycles. The van der Waals surface area contributed by atoms with Crippen molar-refractivity contribution < 1.29 is 19.4 Å². The van der Waals surface area contributed by atoms with Crippen molar-refractivity contribution in [3.8, 4) is 17.0 Å². The summed E-state index contributed by atoms with van der Waals surface area (Å²) >= 11 is 1.57. The van der Waals surface area contributed by atoms with Gasteiger partial charge in [0.15, 0.2) is 5.13 Å². The standard InChI is InChI=1S/C32H39N3O4S/c1-21-4-7-29(27(16-21)28-20-40-31(33-28)35-13-11-32(3,22(35)2)30(36)37)39-19-23-5-6-25-18-34(12-8-24(25)17-23)26-9-14-38-15-10-26/h4-7,16-17,20,22,26H,8-15,18-19H2,1-3H3,(H,36,37)/t22?,32-/m1/s1. The van der Waals surface area contributed by atoms with Crippen molar-refractivity contribution in [1.82, 2.24) is 9.88 Å². The molecule has 0 amide bonds. The molecule has 8 heteroatoms. The number of carboxylic acids is 1. The van der Waals surface area contributed by atoms with Crippen LogP contribution in [0.15, 0.2) is 41.8 Å². The van der Waals surface area contributed by atoms with E-state index in [-0.39, 0.29) is 6.04 Å². The van der Waals surface area contributed by atoms with E-state index in [1.54, 1.807) is 11.3 Å². The summed E-state index contributed by atoms with van der Waals surface area (Å²) in [7, 11) is 0. The summed E-state index contributed by atoms with van der Waals surface area (Å²) in [6, 6.07) is 13.6. The van der Waals surface area contributed by atoms with E-state index < -0.39 is 11.4 Å². The normalized spacial score (nSPS) is 23.8. The fraction of sp³-hybridized carbons (Fsp3) is 0.500. The van der Waals surface area contributed by atoms with Gasteiger partial charge in [-0.1, -0.05) is 29.8 Å². The lowest BCUT2D eigenvalue weighted by molar-refractivity contribution is -0.148. The molecule has 0 spiro atoms. The predicted octanol–water partition coefficient (Wildman–Crippen LogP) is 5.92. The Kier molecular flexibility index (Phi) is 7.59. The van der Waals surface area contributed by atoms with E-state index in [2.05, 4.69) is 52.4 Å². The SMILES string of the molecule is Cc1ccc(OCc2ccc3c(c2)CCN(C2CCOCC2)C3)c(-c2csc(N3CC[C@@](C)(C(=O)O)C3C)n2)c1. The van der Waals surface area contributed by atoms with E-state index in [4.69, 9.17) is 14.5 Å². The molecule has 1 unspecified atom stereocenters. The number of ether oxygens (including phenoxy) is 2. The zero-order valence-electron chi connectivity index (χ0n) is 23.7. The van der Waals surface area contributed by atoms with Crippen molar-refractivity contribution >= 4 is 22.4 Å². The quantitative estimate of drug-likeness (QED) is 0.384. The zero-order valence-corrected chi connectivity index (χ0v) is 24.5. The summed E-state index contributed by atoms with van der Waals surface area (Å²) in [6.45, 7) is 11.0. The molecular weight excluding hydrogens is 522 g/mol. The predicted molar refractivity (Wildman–Crippen MR) is 158 cm³/mol. The first kappa shape index (κ1) is 27.2. The topological polar surface area (TPSA) is 75.1 Å². The van der Waals surface area contributed by atoms with Crippen LogP contribution in [0.25, 0.3) is 11.3 Å². The Morgan fingerprint density at radius 2 is 2.00 bits per heavy atom. The molecule has 3 aliphatic heterocycles. The van der Waals surface area contributed by atoms with E-state index in [0.717, 1.165) is 73.3 Å². The number of aryl methyl sites for hydroxylation is 1. The number of anilines is 1. The molecule has 7 nitrogen and oxygen atoms in total. The molecule has 0 bridgehead atoms. The van der Waals surface area contributed by atoms with Gasteiger partial charge in [0.1, 0.15) is 12.4 Å². The van der Waals surface area contributed by atoms with Crippen LogP contribution < -0.4 is 9.64 Å². The molecule has 2 fully saturated rings. The largest absolute Gasteiger partial charge is 0.488 e. The number of hydrogen-bond acceptors (Lipinski definition) is 7. The van der Waals surface area contributed by atoms with Crippen molar-refractivity contribution in [2.24, 2.45) is 5.41 Å². The molecule has 2 aromatic carbocycles. The first-order valence-electron chi connectivity index (χ1n) is 14.4. The third-order valence-corrected chi connectivity index (χ3v) is 10.2. The fourth-order valence-electron chi connectivity index (χ4n) is 6.38. The van der Waals surface area contributed by atoms with E-state index in [1.165, 1.54) is 16.7 Å². The highest BCUT2D eigenvalue weighted by atomic mass is 32.1. The maximum absolute atomic E-state index is 11.9. The Morgan fingerprint density at radius 3 is 2.77 bits per heavy atom. The second-order valence-electron chi connectivity index (χ2n) is 11.8. The zero-order chi connectivity index (χ0) is 27.9. The number of aromatic nitrogens is 1. The molecule has 212 valence electrons. The molecular formula is C32H39N3O4S. The van der Waals surface area contributed by atoms with Gasteiger partial charge >= 0.3 is 5.97 Å². The van der Waals surface area contributed by atoms with Gasteiger partial charge in [0.25, 0.3) is 0 Å². The Morgan fingerprint density at radius 1 is 1.18 bits per heavy atom. The molecule has 3 aromatic rings. The Hall–Kier alpha value is -2.94. The van der Waals surface area contributed by atoms with E-state index in [1.807, 2.05) is 19.9 Å². The lowest BCUT2D eigenvalue weighted by Gasteiger charge is -2.37. The third-order valence-electron chi connectivity index (χ3n) is 9.31. The van der Waals surface area contributed by atoms with Gasteiger partial charge < -0.3 is 19.5 Å². The molecule has 1 aromatic heterocycles. The summed E-state index contributed by atoms with van der Waals surface area (Å²) in [4.78, 5) is 21.6. The van der Waals surface area contributed by atoms with E-state index in [9.17, 15) is 9.90 Å². The monoisotopic (exact) mass is 561 g/mol. The highest BCUT2D eigenvalue weighted by Crippen LogP contribution is 2.42. The van der Waals surface area contributed by atoms with E-state index in [0.29, 0.717) is 25.6 Å². The minimum Gasteiger partial charge on any atom is -0.488 e. The van der Waals surface area contributed by atoms with Crippen molar-refractivity contribution in [2.45, 2.75) is 71.7 Å². The van der Waals surface area contributed by atoms with E-state index >= 15 is 0 Å². The number of hydrogen-bond donors (Lipinski definition) is 1. The van der Waals surface area contributed by atoms with Gasteiger partial charge in [0.2, 0.25) is 0 Å². The number of aliphatic carboxylic acids is 1. The first-order chi connectivity index (χ1) is 19.3. The number of thiazole rings is 1. The highest BCUT2D eigenvalue weighted by molar-refractivity contribution is 7.14. The average Bonchev–Trinajstić information content (AvgIpc) is 3.57. The minimum atomic E-state index is -0.762. The van der Waals surface area contributed by atoms with Crippen molar-refractivity contribution in [3.05, 3.63) is 64.0 Å². The number of carbonyl (C=O) groups is 1. The van der Waals surface area contributed by atoms with Crippen LogP contribution in [0, 0.1) is 12.3 Å². The molecule has 3 aliphatic rings. The molecule has 6 rings (SSSR count). The average molecular weight is 562 g/mol. The first-order valence-corrected chi connectivity index (χ1v) is 15.3. The maximum atomic E-state index is 11.9. The number of rotatable bonds is 7. The van der Waals surface area contributed by atoms with Crippen LogP contribution in [0.2, 0.25) is 0 Å². The minimum absolute atomic E-state index is 0.120. The van der Waals surface area contributed by atoms with Gasteiger partial charge in [0.05, 0.1) is 11.1 Å². The van der Waals surface area contributed by atoms with Crippen molar-refractivity contribution in [1.29, 1.82) is 0 Å². The molecule has 4 heterocycles. The fourth-order valence-corrected chi connectivity index (χ4v) is 7.31. The van der Waals surface area contributed by atoms with Crippen molar-refractivity contribution in [3.63, 3.8) is 0 Å². The summed E-state index contributed by atoms with van der Waals surface area (Å²) in [5.74, 6) is 0.0724. The summed E-state index contributed by atoms with van der Waals surface area (Å²) < 4.78 is 12.0. The van der Waals surface area contributed by atoms with Crippen LogP contribution >= 0.6 is 11.3 Å². The second kappa shape index (κ2) is 11.1. The molecule has 0 radical (unpaired) electrons. The molecule has 0 saturated carbocycles. The third kappa shape index (κ3) is 5.24. The molecule has 0 aliphatic carbocycles. The Balaban J connectivity index is 1.15. The number of benzene rings is 2. The van der Waals surface area contributed by atoms with Gasteiger partial charge in [-0.05, 0) is 75.3 Å². The summed E-state index contributed by atoms with van der Waals surface area (Å²) in [5.41, 5.74) is 6.28. The number of fused-ring (bicyclic) bond motifs is 1. The summed E-state index contributed by atoms with van der Waals surface area (Å²) in [5, 5.41) is 12.7. The van der Waals surface area contributed by atoms with Crippen LogP contribution in [0.3, 0.4) is 0 Å². The van der Waals surface area contributed by atoms with Crippen LogP contribution in [-0.2, 0) is 29.1 Å². The highest BCUT2D eigenvalue weighted by Gasteiger charge is 2.47. The van der Waals surface area contributed by atoms with Crippen LogP contribution in [0.4, 0.5) is 5.13 Å². The Bertz CT molecular complexity index is 1380. The van der Waals surface area contributed by atoms with Crippen LogP contribution in [0.1, 0.15) is 55.4 Å². The van der Waals surface area contributed by atoms with Gasteiger partial charge in [-0.3, -0.25) is 9.69 Å². The molecule has 2 atom stereocenters. The van der Waals surface area contributed by atoms with Gasteiger partial charge in [0, 0.05) is 55.9 Å². The van der Waals surface area contributed by atoms with Gasteiger partial charge in [-0.15, -0.1) is 11.3 Å². The second-order valence-corrected chi connectivity index (χ2v) is 12.6. The molecule has 1 N–H and O–H groups in total. The Labute approximate surface area is 240 Å². The molecule has 40 heavy (non-hydrogen) atoms. The van der Waals surface area contributed by atoms with Gasteiger partial charge in [-0.2, -0.15) is 0 Å². The smallest absolute Gasteiger partial charge is 0.311 e. The number of carboxylic acid groups (broad SMARTS) is 1. The maximum Gasteiger partial charge on any atom is 0.311 e.